The molecule has 0 radical (unpaired) electrons. The summed E-state index contributed by atoms with van der Waals surface area (Å²) in [5.74, 6) is -0.687. The molecule has 1 heterocycles. The van der Waals surface area contributed by atoms with E-state index in [9.17, 15) is 14.7 Å². The molecule has 2 aromatic carbocycles. The second-order valence-electron chi connectivity index (χ2n) is 8.23. The number of methoxy groups -OCH3 is 1. The van der Waals surface area contributed by atoms with E-state index in [2.05, 4.69) is 6.92 Å². The topological polar surface area (TPSA) is 71.3 Å². The fourth-order valence-electron chi connectivity index (χ4n) is 3.92. The summed E-state index contributed by atoms with van der Waals surface area (Å²) >= 11 is 0. The number of quaternary nitrogens is 1. The number of carbonyl (C=O) groups is 2. The first-order valence-corrected chi connectivity index (χ1v) is 10.6. The second-order valence-corrected chi connectivity index (χ2v) is 8.23. The van der Waals surface area contributed by atoms with Crippen LogP contribution in [0.3, 0.4) is 0 Å². The molecule has 3 rings (SSSR count). The van der Waals surface area contributed by atoms with Crippen LogP contribution in [0.15, 0.2) is 48.0 Å². The minimum absolute atomic E-state index is 0.132. The van der Waals surface area contributed by atoms with E-state index in [1.165, 1.54) is 10.5 Å². The Morgan fingerprint density at radius 3 is 2.35 bits per heavy atom. The standard InChI is InChI=1S/C25H30N2O4/c1-6-17-7-9-18(10-8-17)22-21(24(29)25(30)27(22)14-13-26(3)4)23(28)19-11-12-20(31-5)16(2)15-19/h7-12,15,22,28H,6,13-14H2,1-5H3/p+1/t22-/m0/s1. The Kier molecular flexibility index (Phi) is 6.81. The lowest BCUT2D eigenvalue weighted by atomic mass is 9.94. The predicted molar refractivity (Wildman–Crippen MR) is 120 cm³/mol. The highest BCUT2D eigenvalue weighted by molar-refractivity contribution is 6.46. The molecule has 1 atom stereocenters. The van der Waals surface area contributed by atoms with Crippen LogP contribution in [0, 0.1) is 6.92 Å². The van der Waals surface area contributed by atoms with E-state index < -0.39 is 17.7 Å². The summed E-state index contributed by atoms with van der Waals surface area (Å²) < 4.78 is 5.30. The van der Waals surface area contributed by atoms with E-state index in [4.69, 9.17) is 4.74 Å². The summed E-state index contributed by atoms with van der Waals surface area (Å²) in [7, 11) is 5.59. The number of likely N-dealkylation sites (N-methyl/N-ethyl adjacent to an activating group) is 1. The number of aliphatic hydroxyl groups excluding tert-OH is 1. The molecule has 1 aliphatic rings. The van der Waals surface area contributed by atoms with Gasteiger partial charge in [0.05, 0.1) is 45.9 Å². The van der Waals surface area contributed by atoms with Gasteiger partial charge in [-0.05, 0) is 48.2 Å². The lowest BCUT2D eigenvalue weighted by molar-refractivity contribution is -0.857. The number of hydrogen-bond acceptors (Lipinski definition) is 4. The van der Waals surface area contributed by atoms with E-state index >= 15 is 0 Å². The molecule has 6 nitrogen and oxygen atoms in total. The number of amides is 1. The first kappa shape index (κ1) is 22.6. The molecule has 1 fully saturated rings. The van der Waals surface area contributed by atoms with Gasteiger partial charge in [0.1, 0.15) is 11.5 Å². The molecule has 0 unspecified atom stereocenters. The van der Waals surface area contributed by atoms with Crippen molar-refractivity contribution in [3.05, 3.63) is 70.3 Å². The maximum Gasteiger partial charge on any atom is 0.295 e. The van der Waals surface area contributed by atoms with E-state index in [0.29, 0.717) is 24.4 Å². The van der Waals surface area contributed by atoms with Gasteiger partial charge in [-0.25, -0.2) is 0 Å². The number of nitrogens with zero attached hydrogens (tertiary/aromatic N) is 1. The van der Waals surface area contributed by atoms with Gasteiger partial charge in [0.15, 0.2) is 0 Å². The average Bonchev–Trinajstić information content (AvgIpc) is 3.01. The van der Waals surface area contributed by atoms with Crippen molar-refractivity contribution in [2.24, 2.45) is 0 Å². The Morgan fingerprint density at radius 2 is 1.81 bits per heavy atom. The van der Waals surface area contributed by atoms with Crippen molar-refractivity contribution < 1.29 is 24.3 Å². The Labute approximate surface area is 183 Å². The number of hydrogen-bond donors (Lipinski definition) is 2. The quantitative estimate of drug-likeness (QED) is 0.407. The van der Waals surface area contributed by atoms with Crippen LogP contribution in [0.4, 0.5) is 0 Å². The molecule has 6 heteroatoms. The molecule has 31 heavy (non-hydrogen) atoms. The van der Waals surface area contributed by atoms with Gasteiger partial charge in [0, 0.05) is 5.56 Å². The summed E-state index contributed by atoms with van der Waals surface area (Å²) in [6.07, 6.45) is 0.898. The first-order valence-electron chi connectivity index (χ1n) is 10.6. The van der Waals surface area contributed by atoms with Crippen LogP contribution in [0.1, 0.15) is 35.2 Å². The third-order valence-electron chi connectivity index (χ3n) is 5.76. The monoisotopic (exact) mass is 423 g/mol. The van der Waals surface area contributed by atoms with Gasteiger partial charge >= 0.3 is 0 Å². The normalized spacial score (nSPS) is 18.1. The van der Waals surface area contributed by atoms with Crippen LogP contribution < -0.4 is 9.64 Å². The van der Waals surface area contributed by atoms with Gasteiger partial charge < -0.3 is 19.6 Å². The fraction of sp³-hybridized carbons (Fsp3) is 0.360. The Balaban J connectivity index is 2.14. The Bertz CT molecular complexity index is 1010. The van der Waals surface area contributed by atoms with E-state index in [-0.39, 0.29) is 11.3 Å². The van der Waals surface area contributed by atoms with Crippen LogP contribution in [-0.2, 0) is 16.0 Å². The lowest BCUT2D eigenvalue weighted by Gasteiger charge is -2.25. The van der Waals surface area contributed by atoms with Gasteiger partial charge in [0.25, 0.3) is 11.7 Å². The van der Waals surface area contributed by atoms with E-state index in [1.54, 1.807) is 30.2 Å². The van der Waals surface area contributed by atoms with Gasteiger partial charge in [-0.3, -0.25) is 9.59 Å². The molecule has 1 saturated heterocycles. The molecule has 0 bridgehead atoms. The average molecular weight is 424 g/mol. The molecule has 0 aliphatic carbocycles. The third-order valence-corrected chi connectivity index (χ3v) is 5.76. The highest BCUT2D eigenvalue weighted by Gasteiger charge is 2.46. The molecular formula is C25H31N2O4+. The number of aliphatic hydroxyl groups is 1. The van der Waals surface area contributed by atoms with Crippen molar-refractivity contribution in [1.82, 2.24) is 4.90 Å². The first-order chi connectivity index (χ1) is 14.8. The number of ether oxygens (including phenoxy) is 1. The van der Waals surface area contributed by atoms with Crippen molar-refractivity contribution in [2.45, 2.75) is 26.3 Å². The van der Waals surface area contributed by atoms with Crippen molar-refractivity contribution in [1.29, 1.82) is 0 Å². The molecule has 1 aliphatic heterocycles. The van der Waals surface area contributed by atoms with E-state index in [0.717, 1.165) is 17.5 Å². The number of nitrogens with one attached hydrogen (secondary N) is 1. The summed E-state index contributed by atoms with van der Waals surface area (Å²) in [6.45, 7) is 5.06. The predicted octanol–water partition coefficient (Wildman–Crippen LogP) is 2.13. The summed E-state index contributed by atoms with van der Waals surface area (Å²) in [5.41, 5.74) is 3.44. The minimum Gasteiger partial charge on any atom is -0.507 e. The molecule has 164 valence electrons. The maximum atomic E-state index is 13.0. The zero-order valence-electron chi connectivity index (χ0n) is 18.9. The number of aryl methyl sites for hydroxylation is 2. The number of likely N-dealkylation sites (tertiary alicyclic amines) is 1. The van der Waals surface area contributed by atoms with E-state index in [1.807, 2.05) is 45.3 Å². The van der Waals surface area contributed by atoms with Gasteiger partial charge in [-0.15, -0.1) is 0 Å². The smallest absolute Gasteiger partial charge is 0.295 e. The van der Waals surface area contributed by atoms with Crippen LogP contribution >= 0.6 is 0 Å². The SMILES string of the molecule is CCc1ccc([C@H]2C(=C(O)c3ccc(OC)c(C)c3)C(=O)C(=O)N2CC[NH+](C)C)cc1. The Morgan fingerprint density at radius 1 is 1.13 bits per heavy atom. The van der Waals surface area contributed by atoms with Crippen LogP contribution in [-0.4, -0.2) is 56.0 Å². The van der Waals surface area contributed by atoms with Crippen molar-refractivity contribution in [3.8, 4) is 5.75 Å². The summed E-state index contributed by atoms with van der Waals surface area (Å²) in [6, 6.07) is 12.5. The molecule has 0 saturated carbocycles. The summed E-state index contributed by atoms with van der Waals surface area (Å²) in [4.78, 5) is 28.7. The number of benzene rings is 2. The molecular weight excluding hydrogens is 392 g/mol. The van der Waals surface area contributed by atoms with Crippen LogP contribution in [0.25, 0.3) is 5.76 Å². The molecule has 2 N–H and O–H groups in total. The lowest BCUT2D eigenvalue weighted by Crippen LogP contribution is -3.06. The van der Waals surface area contributed by atoms with Gasteiger partial charge in [-0.1, -0.05) is 31.2 Å². The largest absolute Gasteiger partial charge is 0.507 e. The maximum absolute atomic E-state index is 13.0. The number of rotatable bonds is 7. The highest BCUT2D eigenvalue weighted by atomic mass is 16.5. The van der Waals surface area contributed by atoms with Crippen molar-refractivity contribution in [2.75, 3.05) is 34.3 Å². The van der Waals surface area contributed by atoms with Gasteiger partial charge in [-0.2, -0.15) is 0 Å². The van der Waals surface area contributed by atoms with Crippen LogP contribution in [0.2, 0.25) is 0 Å². The second kappa shape index (κ2) is 9.35. The molecule has 2 aromatic rings. The van der Waals surface area contributed by atoms with Crippen molar-refractivity contribution in [3.63, 3.8) is 0 Å². The van der Waals surface area contributed by atoms with Gasteiger partial charge in [0.2, 0.25) is 0 Å². The summed E-state index contributed by atoms with van der Waals surface area (Å²) in [5, 5.41) is 11.2. The zero-order chi connectivity index (χ0) is 22.7. The molecule has 0 aromatic heterocycles. The third kappa shape index (κ3) is 4.49. The fourth-order valence-corrected chi connectivity index (χ4v) is 3.92. The van der Waals surface area contributed by atoms with Crippen LogP contribution in [0.5, 0.6) is 5.75 Å². The van der Waals surface area contributed by atoms with Crippen molar-refractivity contribution >= 4 is 17.4 Å². The molecule has 0 spiro atoms. The number of carbonyl (C=O) groups excluding carboxylic acids is 2. The number of ketones is 1. The molecule has 1 amide bonds. The minimum atomic E-state index is -0.649. The number of Topliss-reactive ketones (excluding diaryl/α,β-unsaturated/α-hetero) is 1. The highest BCUT2D eigenvalue weighted by Crippen LogP contribution is 2.39. The zero-order valence-corrected chi connectivity index (χ0v) is 18.9. The Hall–Kier alpha value is -3.12.